The van der Waals surface area contributed by atoms with E-state index in [1.165, 1.54) is 4.90 Å². The Morgan fingerprint density at radius 1 is 1.24 bits per heavy atom. The van der Waals surface area contributed by atoms with Crippen LogP contribution in [0.25, 0.3) is 0 Å². The second-order valence-corrected chi connectivity index (χ2v) is 6.41. The molecule has 0 atom stereocenters. The predicted molar refractivity (Wildman–Crippen MR) is 76.7 cm³/mol. The number of alkyl halides is 3. The van der Waals surface area contributed by atoms with Gasteiger partial charge in [-0.25, -0.2) is 9.97 Å². The fourth-order valence-electron chi connectivity index (χ4n) is 2.02. The van der Waals surface area contributed by atoms with Gasteiger partial charge < -0.3 is 10.2 Å². The van der Waals surface area contributed by atoms with E-state index < -0.39 is 12.7 Å². The fourth-order valence-corrected chi connectivity index (χ4v) is 2.02. The molecule has 21 heavy (non-hydrogen) atoms. The van der Waals surface area contributed by atoms with E-state index in [-0.39, 0.29) is 11.5 Å². The molecule has 0 spiro atoms. The van der Waals surface area contributed by atoms with Crippen LogP contribution in [0.5, 0.6) is 0 Å². The number of nitrogens with one attached hydrogen (secondary N) is 1. The maximum Gasteiger partial charge on any atom is 0.405 e. The van der Waals surface area contributed by atoms with Crippen molar-refractivity contribution in [1.29, 1.82) is 0 Å². The molecule has 0 bridgehead atoms. The zero-order chi connectivity index (χ0) is 15.8. The van der Waals surface area contributed by atoms with Crippen LogP contribution in [0, 0.1) is 0 Å². The monoisotopic (exact) mass is 302 g/mol. The van der Waals surface area contributed by atoms with Crippen LogP contribution in [-0.4, -0.2) is 35.8 Å². The van der Waals surface area contributed by atoms with Crippen LogP contribution < -0.4 is 10.2 Å². The summed E-state index contributed by atoms with van der Waals surface area (Å²) in [6.45, 7) is 4.85. The second kappa shape index (κ2) is 5.35. The van der Waals surface area contributed by atoms with Gasteiger partial charge in [0.15, 0.2) is 0 Å². The first kappa shape index (κ1) is 15.9. The Balaban J connectivity index is 2.39. The number of halogens is 3. The maximum absolute atomic E-state index is 12.8. The van der Waals surface area contributed by atoms with Gasteiger partial charge in [-0.05, 0) is 12.8 Å². The molecular formula is C14H21F3N4. The standard InChI is InChI=1S/C14H21F3N4/c1-13(2,3)12-19-10(18-4)7-11(20-12)21(9-5-6-9)8-14(15,16)17/h7,9H,5-6,8H2,1-4H3,(H,18,19,20). The summed E-state index contributed by atoms with van der Waals surface area (Å²) in [4.78, 5) is 10.1. The van der Waals surface area contributed by atoms with Gasteiger partial charge in [0, 0.05) is 24.6 Å². The van der Waals surface area contributed by atoms with Gasteiger partial charge in [-0.2, -0.15) is 13.2 Å². The third-order valence-corrected chi connectivity index (χ3v) is 3.27. The molecule has 0 saturated heterocycles. The number of nitrogens with zero attached hydrogens (tertiary/aromatic N) is 3. The third-order valence-electron chi connectivity index (χ3n) is 3.27. The molecule has 1 aliphatic carbocycles. The molecular weight excluding hydrogens is 281 g/mol. The number of anilines is 2. The van der Waals surface area contributed by atoms with E-state index in [1.54, 1.807) is 13.1 Å². The van der Waals surface area contributed by atoms with Gasteiger partial charge in [0.05, 0.1) is 0 Å². The average Bonchev–Trinajstić information content (AvgIpc) is 3.17. The van der Waals surface area contributed by atoms with E-state index in [2.05, 4.69) is 15.3 Å². The summed E-state index contributed by atoms with van der Waals surface area (Å²) >= 11 is 0. The molecule has 0 aromatic carbocycles. The quantitative estimate of drug-likeness (QED) is 0.926. The first-order valence-corrected chi connectivity index (χ1v) is 7.01. The van der Waals surface area contributed by atoms with Crippen molar-refractivity contribution in [3.8, 4) is 0 Å². The van der Waals surface area contributed by atoms with Crippen molar-refractivity contribution < 1.29 is 13.2 Å². The van der Waals surface area contributed by atoms with Crippen LogP contribution in [0.4, 0.5) is 24.8 Å². The van der Waals surface area contributed by atoms with Gasteiger partial charge in [-0.3, -0.25) is 0 Å². The minimum absolute atomic E-state index is 0.0703. The van der Waals surface area contributed by atoms with Crippen molar-refractivity contribution >= 4 is 11.6 Å². The highest BCUT2D eigenvalue weighted by Gasteiger charge is 2.39. The van der Waals surface area contributed by atoms with Crippen LogP contribution in [0.15, 0.2) is 6.07 Å². The van der Waals surface area contributed by atoms with Crippen molar-refractivity contribution in [2.75, 3.05) is 23.8 Å². The van der Waals surface area contributed by atoms with Gasteiger partial charge in [-0.1, -0.05) is 20.8 Å². The lowest BCUT2D eigenvalue weighted by Gasteiger charge is -2.27. The molecule has 7 heteroatoms. The normalized spacial score (nSPS) is 16.0. The fraction of sp³-hybridized carbons (Fsp3) is 0.714. The Bertz CT molecular complexity index is 504. The summed E-state index contributed by atoms with van der Waals surface area (Å²) in [5, 5.41) is 2.90. The zero-order valence-electron chi connectivity index (χ0n) is 12.8. The summed E-state index contributed by atoms with van der Waals surface area (Å²) in [5.41, 5.74) is -0.324. The SMILES string of the molecule is CNc1cc(N(CC(F)(F)F)C2CC2)nc(C(C)(C)C)n1. The summed E-state index contributed by atoms with van der Waals surface area (Å²) in [6.07, 6.45) is -2.69. The van der Waals surface area contributed by atoms with E-state index in [9.17, 15) is 13.2 Å². The summed E-state index contributed by atoms with van der Waals surface area (Å²) in [7, 11) is 1.70. The van der Waals surface area contributed by atoms with E-state index in [4.69, 9.17) is 0 Å². The van der Waals surface area contributed by atoms with Crippen molar-refractivity contribution in [3.63, 3.8) is 0 Å². The molecule has 2 rings (SSSR count). The number of aromatic nitrogens is 2. The van der Waals surface area contributed by atoms with Gasteiger partial charge in [0.1, 0.15) is 24.0 Å². The molecule has 1 aliphatic rings. The molecule has 1 heterocycles. The zero-order valence-corrected chi connectivity index (χ0v) is 12.8. The lowest BCUT2D eigenvalue weighted by molar-refractivity contribution is -0.120. The van der Waals surface area contributed by atoms with Crippen LogP contribution in [0.1, 0.15) is 39.4 Å². The van der Waals surface area contributed by atoms with Crippen molar-refractivity contribution in [2.45, 2.75) is 51.2 Å². The highest BCUT2D eigenvalue weighted by atomic mass is 19.4. The summed E-state index contributed by atoms with van der Waals surface area (Å²) in [6, 6.07) is 1.51. The Hall–Kier alpha value is -1.53. The minimum Gasteiger partial charge on any atom is -0.373 e. The molecule has 1 aromatic heterocycles. The molecule has 1 fully saturated rings. The van der Waals surface area contributed by atoms with Crippen LogP contribution in [0.2, 0.25) is 0 Å². The first-order chi connectivity index (χ1) is 9.60. The van der Waals surface area contributed by atoms with Crippen LogP contribution in [-0.2, 0) is 5.41 Å². The molecule has 1 N–H and O–H groups in total. The Labute approximate surface area is 122 Å². The number of hydrogen-bond acceptors (Lipinski definition) is 4. The van der Waals surface area contributed by atoms with Gasteiger partial charge in [0.2, 0.25) is 0 Å². The summed E-state index contributed by atoms with van der Waals surface area (Å²) < 4.78 is 38.4. The lowest BCUT2D eigenvalue weighted by Crippen LogP contribution is -2.37. The van der Waals surface area contributed by atoms with Crippen molar-refractivity contribution in [1.82, 2.24) is 9.97 Å². The van der Waals surface area contributed by atoms with Gasteiger partial charge in [0.25, 0.3) is 0 Å². The Kier molecular flexibility index (Phi) is 4.04. The lowest BCUT2D eigenvalue weighted by atomic mass is 9.96. The van der Waals surface area contributed by atoms with E-state index >= 15 is 0 Å². The molecule has 0 aliphatic heterocycles. The van der Waals surface area contributed by atoms with E-state index in [0.717, 1.165) is 12.8 Å². The second-order valence-electron chi connectivity index (χ2n) is 6.41. The first-order valence-electron chi connectivity index (χ1n) is 7.01. The Morgan fingerprint density at radius 3 is 2.29 bits per heavy atom. The largest absolute Gasteiger partial charge is 0.405 e. The highest BCUT2D eigenvalue weighted by molar-refractivity contribution is 5.51. The van der Waals surface area contributed by atoms with Crippen molar-refractivity contribution in [2.24, 2.45) is 0 Å². The van der Waals surface area contributed by atoms with E-state index in [1.807, 2.05) is 20.8 Å². The predicted octanol–water partition coefficient (Wildman–Crippen LogP) is 3.35. The maximum atomic E-state index is 12.8. The third kappa shape index (κ3) is 4.22. The van der Waals surface area contributed by atoms with E-state index in [0.29, 0.717) is 17.5 Å². The molecule has 0 radical (unpaired) electrons. The smallest absolute Gasteiger partial charge is 0.373 e. The Morgan fingerprint density at radius 2 is 1.86 bits per heavy atom. The molecule has 1 aromatic rings. The van der Waals surface area contributed by atoms with Crippen molar-refractivity contribution in [3.05, 3.63) is 11.9 Å². The summed E-state index contributed by atoms with van der Waals surface area (Å²) in [5.74, 6) is 1.43. The highest BCUT2D eigenvalue weighted by Crippen LogP contribution is 2.35. The average molecular weight is 302 g/mol. The van der Waals surface area contributed by atoms with Crippen LogP contribution in [0.3, 0.4) is 0 Å². The minimum atomic E-state index is -4.24. The van der Waals surface area contributed by atoms with Crippen LogP contribution >= 0.6 is 0 Å². The molecule has 4 nitrogen and oxygen atoms in total. The van der Waals surface area contributed by atoms with Gasteiger partial charge in [-0.15, -0.1) is 0 Å². The number of rotatable bonds is 4. The molecule has 0 amide bonds. The topological polar surface area (TPSA) is 41.0 Å². The molecule has 118 valence electrons. The molecule has 0 unspecified atom stereocenters. The van der Waals surface area contributed by atoms with Gasteiger partial charge >= 0.3 is 6.18 Å². The number of hydrogen-bond donors (Lipinski definition) is 1. The molecule has 1 saturated carbocycles.